The van der Waals surface area contributed by atoms with Gasteiger partial charge in [0.1, 0.15) is 0 Å². The molecule has 0 bridgehead atoms. The molecule has 1 fully saturated rings. The number of hydrogen-bond donors (Lipinski definition) is 0. The molecule has 1 aromatic rings. The molecular weight excluding hydrogens is 134 g/mol. The van der Waals surface area contributed by atoms with E-state index < -0.39 is 0 Å². The number of hydrogen-bond acceptors (Lipinski definition) is 1. The van der Waals surface area contributed by atoms with Crippen molar-refractivity contribution < 1.29 is 0 Å². The molecule has 0 saturated carbocycles. The summed E-state index contributed by atoms with van der Waals surface area (Å²) in [5.74, 6) is 0. The lowest BCUT2D eigenvalue weighted by atomic mass is 10.2. The standard InChI is InChI=1S/C10H13N/c1-9-7-11(9)8-10-5-3-2-4-6-10/h2-6,9H,7-8H2,1H3. The van der Waals surface area contributed by atoms with Crippen molar-refractivity contribution in [3.05, 3.63) is 35.9 Å². The zero-order valence-electron chi connectivity index (χ0n) is 6.83. The molecule has 0 N–H and O–H groups in total. The van der Waals surface area contributed by atoms with Gasteiger partial charge in [0.15, 0.2) is 0 Å². The minimum Gasteiger partial charge on any atom is -0.294 e. The van der Waals surface area contributed by atoms with Crippen molar-refractivity contribution in [1.82, 2.24) is 4.90 Å². The first-order valence-electron chi connectivity index (χ1n) is 4.14. The monoisotopic (exact) mass is 147 g/mol. The highest BCUT2D eigenvalue weighted by atomic mass is 15.3. The van der Waals surface area contributed by atoms with Crippen molar-refractivity contribution in [3.8, 4) is 0 Å². The van der Waals surface area contributed by atoms with Gasteiger partial charge in [-0.05, 0) is 12.5 Å². The molecule has 1 nitrogen and oxygen atoms in total. The van der Waals surface area contributed by atoms with E-state index in [0.717, 1.165) is 12.6 Å². The summed E-state index contributed by atoms with van der Waals surface area (Å²) < 4.78 is 0. The fourth-order valence-corrected chi connectivity index (χ4v) is 1.33. The second kappa shape index (κ2) is 2.67. The second-order valence-corrected chi connectivity index (χ2v) is 3.26. The van der Waals surface area contributed by atoms with Crippen molar-refractivity contribution in [2.75, 3.05) is 6.54 Å². The summed E-state index contributed by atoms with van der Waals surface area (Å²) in [4.78, 5) is 2.45. The van der Waals surface area contributed by atoms with Gasteiger partial charge in [-0.3, -0.25) is 4.90 Å². The molecule has 2 rings (SSSR count). The SMILES string of the molecule is CC1CN1Cc1ccccc1. The maximum absolute atomic E-state index is 2.45. The molecule has 1 aliphatic rings. The molecule has 0 amide bonds. The quantitative estimate of drug-likeness (QED) is 0.577. The normalized spacial score (nSPS) is 28.5. The zero-order chi connectivity index (χ0) is 7.68. The van der Waals surface area contributed by atoms with Crippen LogP contribution in [0.2, 0.25) is 0 Å². The van der Waals surface area contributed by atoms with E-state index in [1.807, 2.05) is 0 Å². The highest BCUT2D eigenvalue weighted by Gasteiger charge is 2.28. The van der Waals surface area contributed by atoms with Crippen molar-refractivity contribution >= 4 is 0 Å². The van der Waals surface area contributed by atoms with Crippen LogP contribution in [0.4, 0.5) is 0 Å². The summed E-state index contributed by atoms with van der Waals surface area (Å²) in [5.41, 5.74) is 1.43. The Hall–Kier alpha value is -0.820. The average molecular weight is 147 g/mol. The molecule has 0 radical (unpaired) electrons. The van der Waals surface area contributed by atoms with E-state index in [2.05, 4.69) is 42.2 Å². The van der Waals surface area contributed by atoms with E-state index in [0.29, 0.717) is 0 Å². The van der Waals surface area contributed by atoms with Crippen LogP contribution in [0.1, 0.15) is 12.5 Å². The van der Waals surface area contributed by atoms with Crippen LogP contribution in [0, 0.1) is 0 Å². The smallest absolute Gasteiger partial charge is 0.0237 e. The van der Waals surface area contributed by atoms with Crippen LogP contribution in [-0.4, -0.2) is 17.5 Å². The summed E-state index contributed by atoms with van der Waals surface area (Å²) in [6, 6.07) is 11.5. The van der Waals surface area contributed by atoms with Gasteiger partial charge in [-0.25, -0.2) is 0 Å². The fourth-order valence-electron chi connectivity index (χ4n) is 1.33. The largest absolute Gasteiger partial charge is 0.294 e. The van der Waals surface area contributed by atoms with Crippen LogP contribution < -0.4 is 0 Å². The molecule has 0 aliphatic carbocycles. The highest BCUT2D eigenvalue weighted by molar-refractivity contribution is 5.15. The van der Waals surface area contributed by atoms with Crippen molar-refractivity contribution in [2.24, 2.45) is 0 Å². The molecule has 58 valence electrons. The van der Waals surface area contributed by atoms with Gasteiger partial charge < -0.3 is 0 Å². The van der Waals surface area contributed by atoms with Gasteiger partial charge in [-0.1, -0.05) is 30.3 Å². The van der Waals surface area contributed by atoms with Gasteiger partial charge in [-0.15, -0.1) is 0 Å². The third-order valence-electron chi connectivity index (χ3n) is 2.22. The highest BCUT2D eigenvalue weighted by Crippen LogP contribution is 2.19. The van der Waals surface area contributed by atoms with Gasteiger partial charge >= 0.3 is 0 Å². The molecule has 2 unspecified atom stereocenters. The third kappa shape index (κ3) is 1.60. The Morgan fingerprint density at radius 3 is 2.55 bits per heavy atom. The average Bonchev–Trinajstić information content (AvgIpc) is 2.69. The molecule has 0 spiro atoms. The predicted molar refractivity (Wildman–Crippen MR) is 46.3 cm³/mol. The zero-order valence-corrected chi connectivity index (χ0v) is 6.83. The minimum absolute atomic E-state index is 0.815. The lowest BCUT2D eigenvalue weighted by molar-refractivity contribution is 0.515. The molecule has 1 heteroatoms. The third-order valence-corrected chi connectivity index (χ3v) is 2.22. The number of benzene rings is 1. The second-order valence-electron chi connectivity index (χ2n) is 3.26. The van der Waals surface area contributed by atoms with E-state index in [9.17, 15) is 0 Å². The van der Waals surface area contributed by atoms with Crippen molar-refractivity contribution in [2.45, 2.75) is 19.5 Å². The van der Waals surface area contributed by atoms with Gasteiger partial charge in [0, 0.05) is 19.1 Å². The first-order chi connectivity index (χ1) is 5.36. The fraction of sp³-hybridized carbons (Fsp3) is 0.400. The summed E-state index contributed by atoms with van der Waals surface area (Å²) >= 11 is 0. The Bertz CT molecular complexity index is 230. The van der Waals surface area contributed by atoms with Crippen LogP contribution in [-0.2, 0) is 6.54 Å². The van der Waals surface area contributed by atoms with Gasteiger partial charge in [0.2, 0.25) is 0 Å². The predicted octanol–water partition coefficient (Wildman–Crippen LogP) is 1.89. The molecule has 1 aromatic carbocycles. The molecule has 0 aromatic heterocycles. The Balaban J connectivity index is 1.97. The summed E-state index contributed by atoms with van der Waals surface area (Å²) in [6.45, 7) is 4.67. The van der Waals surface area contributed by atoms with Crippen LogP contribution in [0.25, 0.3) is 0 Å². The first-order valence-corrected chi connectivity index (χ1v) is 4.14. The Morgan fingerprint density at radius 2 is 2.00 bits per heavy atom. The lowest BCUT2D eigenvalue weighted by Crippen LogP contribution is -1.98. The summed E-state index contributed by atoms with van der Waals surface area (Å²) in [7, 11) is 0. The lowest BCUT2D eigenvalue weighted by Gasteiger charge is -2.00. The Morgan fingerprint density at radius 1 is 1.36 bits per heavy atom. The summed E-state index contributed by atoms with van der Waals surface area (Å²) in [6.07, 6.45) is 0. The Labute approximate surface area is 67.6 Å². The Kier molecular flexibility index (Phi) is 1.66. The molecule has 1 aliphatic heterocycles. The van der Waals surface area contributed by atoms with Crippen LogP contribution in [0.5, 0.6) is 0 Å². The van der Waals surface area contributed by atoms with E-state index in [1.54, 1.807) is 0 Å². The van der Waals surface area contributed by atoms with E-state index >= 15 is 0 Å². The molecule has 2 atom stereocenters. The molecular formula is C10H13N. The maximum Gasteiger partial charge on any atom is 0.0237 e. The van der Waals surface area contributed by atoms with E-state index in [4.69, 9.17) is 0 Å². The summed E-state index contributed by atoms with van der Waals surface area (Å²) in [5, 5.41) is 0. The van der Waals surface area contributed by atoms with Crippen LogP contribution >= 0.6 is 0 Å². The maximum atomic E-state index is 2.45. The minimum atomic E-state index is 0.815. The number of nitrogens with zero attached hydrogens (tertiary/aromatic N) is 1. The van der Waals surface area contributed by atoms with Gasteiger partial charge in [0.25, 0.3) is 0 Å². The van der Waals surface area contributed by atoms with E-state index in [1.165, 1.54) is 12.1 Å². The van der Waals surface area contributed by atoms with E-state index in [-0.39, 0.29) is 0 Å². The van der Waals surface area contributed by atoms with Crippen LogP contribution in [0.15, 0.2) is 30.3 Å². The van der Waals surface area contributed by atoms with Crippen molar-refractivity contribution in [1.29, 1.82) is 0 Å². The topological polar surface area (TPSA) is 3.01 Å². The van der Waals surface area contributed by atoms with Crippen molar-refractivity contribution in [3.63, 3.8) is 0 Å². The van der Waals surface area contributed by atoms with Gasteiger partial charge in [-0.2, -0.15) is 0 Å². The molecule has 1 saturated heterocycles. The van der Waals surface area contributed by atoms with Gasteiger partial charge in [0.05, 0.1) is 0 Å². The first kappa shape index (κ1) is 6.86. The number of rotatable bonds is 2. The molecule has 1 heterocycles. The van der Waals surface area contributed by atoms with Crippen LogP contribution in [0.3, 0.4) is 0 Å². The molecule has 11 heavy (non-hydrogen) atoms.